The van der Waals surface area contributed by atoms with Gasteiger partial charge in [0.25, 0.3) is 0 Å². The standard InChI is InChI=1S/C17H26F3N5O.HI/c1-21-16(23-11-14-12-24(2)8-9-25(14)3)22-10-13-6-4-5-7-15(13)26-17(18,19)20;/h4-7,14H,8-12H2,1-3H3,(H2,21,22,23);1H. The lowest BCUT2D eigenvalue weighted by molar-refractivity contribution is -0.274. The number of benzene rings is 1. The molecule has 6 nitrogen and oxygen atoms in total. The third-order valence-electron chi connectivity index (χ3n) is 4.35. The van der Waals surface area contributed by atoms with Crippen molar-refractivity contribution in [1.29, 1.82) is 0 Å². The van der Waals surface area contributed by atoms with Gasteiger partial charge in [0.2, 0.25) is 0 Å². The Morgan fingerprint density at radius 1 is 1.22 bits per heavy atom. The molecule has 1 saturated heterocycles. The predicted octanol–water partition coefficient (Wildman–Crippen LogP) is 2.11. The van der Waals surface area contributed by atoms with E-state index in [1.807, 2.05) is 0 Å². The number of halogens is 4. The number of aliphatic imine (C=N–C) groups is 1. The van der Waals surface area contributed by atoms with Crippen LogP contribution in [0.4, 0.5) is 13.2 Å². The molecule has 0 radical (unpaired) electrons. The Morgan fingerprint density at radius 3 is 2.59 bits per heavy atom. The van der Waals surface area contributed by atoms with Crippen molar-refractivity contribution in [3.63, 3.8) is 0 Å². The molecule has 2 N–H and O–H groups in total. The molecule has 1 aliphatic rings. The lowest BCUT2D eigenvalue weighted by atomic mass is 10.2. The van der Waals surface area contributed by atoms with E-state index in [-0.39, 0.29) is 36.3 Å². The molecule has 1 aromatic rings. The van der Waals surface area contributed by atoms with Crippen LogP contribution in [0.25, 0.3) is 0 Å². The maximum atomic E-state index is 12.5. The fourth-order valence-electron chi connectivity index (χ4n) is 2.81. The zero-order chi connectivity index (χ0) is 19.2. The molecule has 0 aliphatic carbocycles. The van der Waals surface area contributed by atoms with Gasteiger partial charge in [0.15, 0.2) is 5.96 Å². The van der Waals surface area contributed by atoms with Crippen LogP contribution in [0.2, 0.25) is 0 Å². The minimum Gasteiger partial charge on any atom is -0.405 e. The zero-order valence-electron chi connectivity index (χ0n) is 15.7. The SMILES string of the molecule is CN=C(NCc1ccccc1OC(F)(F)F)NCC1CN(C)CCN1C.I. The van der Waals surface area contributed by atoms with E-state index in [0.717, 1.165) is 19.6 Å². The molecule has 2 rings (SSSR count). The van der Waals surface area contributed by atoms with Crippen molar-refractivity contribution in [2.24, 2.45) is 4.99 Å². The first kappa shape index (κ1) is 23.8. The molecule has 10 heteroatoms. The minimum absolute atomic E-state index is 0. The quantitative estimate of drug-likeness (QED) is 0.368. The smallest absolute Gasteiger partial charge is 0.405 e. The fourth-order valence-corrected chi connectivity index (χ4v) is 2.81. The Labute approximate surface area is 175 Å². The molecule has 1 heterocycles. The van der Waals surface area contributed by atoms with Gasteiger partial charge in [0, 0.05) is 51.4 Å². The van der Waals surface area contributed by atoms with Crippen LogP contribution in [0, 0.1) is 0 Å². The van der Waals surface area contributed by atoms with Crippen molar-refractivity contribution >= 4 is 29.9 Å². The number of hydrogen-bond donors (Lipinski definition) is 2. The summed E-state index contributed by atoms with van der Waals surface area (Å²) in [5, 5.41) is 6.27. The van der Waals surface area contributed by atoms with Crippen LogP contribution < -0.4 is 15.4 Å². The highest BCUT2D eigenvalue weighted by Crippen LogP contribution is 2.26. The van der Waals surface area contributed by atoms with Crippen LogP contribution in [0.3, 0.4) is 0 Å². The van der Waals surface area contributed by atoms with Crippen molar-refractivity contribution < 1.29 is 17.9 Å². The minimum atomic E-state index is -4.71. The molecule has 0 saturated carbocycles. The second-order valence-corrected chi connectivity index (χ2v) is 6.36. The summed E-state index contributed by atoms with van der Waals surface area (Å²) < 4.78 is 41.5. The van der Waals surface area contributed by atoms with Gasteiger partial charge in [-0.2, -0.15) is 0 Å². The predicted molar refractivity (Wildman–Crippen MR) is 111 cm³/mol. The number of guanidine groups is 1. The van der Waals surface area contributed by atoms with E-state index in [0.29, 0.717) is 24.1 Å². The number of para-hydroxylation sites is 1. The number of nitrogens with one attached hydrogen (secondary N) is 2. The lowest BCUT2D eigenvalue weighted by Crippen LogP contribution is -2.55. The summed E-state index contributed by atoms with van der Waals surface area (Å²) in [6, 6.07) is 6.41. The molecule has 1 atom stereocenters. The first-order valence-electron chi connectivity index (χ1n) is 8.45. The molecule has 0 aromatic heterocycles. The highest BCUT2D eigenvalue weighted by molar-refractivity contribution is 14.0. The summed E-state index contributed by atoms with van der Waals surface area (Å²) in [4.78, 5) is 8.69. The average Bonchev–Trinajstić information content (AvgIpc) is 2.58. The fraction of sp³-hybridized carbons (Fsp3) is 0.588. The van der Waals surface area contributed by atoms with Gasteiger partial charge in [-0.05, 0) is 20.2 Å². The second-order valence-electron chi connectivity index (χ2n) is 6.36. The van der Waals surface area contributed by atoms with Gasteiger partial charge in [-0.15, -0.1) is 37.1 Å². The normalized spacial score (nSPS) is 19.3. The summed E-state index contributed by atoms with van der Waals surface area (Å²) >= 11 is 0. The summed E-state index contributed by atoms with van der Waals surface area (Å²) in [5.41, 5.74) is 0.405. The maximum Gasteiger partial charge on any atom is 0.573 e. The van der Waals surface area contributed by atoms with Crippen molar-refractivity contribution in [3.05, 3.63) is 29.8 Å². The van der Waals surface area contributed by atoms with Gasteiger partial charge >= 0.3 is 6.36 Å². The lowest BCUT2D eigenvalue weighted by Gasteiger charge is -2.37. The molecule has 0 spiro atoms. The molecule has 1 aliphatic heterocycles. The maximum absolute atomic E-state index is 12.5. The van der Waals surface area contributed by atoms with Gasteiger partial charge in [0.1, 0.15) is 5.75 Å². The van der Waals surface area contributed by atoms with Crippen molar-refractivity contribution in [1.82, 2.24) is 20.4 Å². The van der Waals surface area contributed by atoms with Crippen LogP contribution in [0.5, 0.6) is 5.75 Å². The van der Waals surface area contributed by atoms with Crippen LogP contribution in [-0.2, 0) is 6.54 Å². The molecule has 154 valence electrons. The van der Waals surface area contributed by atoms with Gasteiger partial charge < -0.3 is 20.3 Å². The van der Waals surface area contributed by atoms with Crippen molar-refractivity contribution in [2.75, 3.05) is 47.3 Å². The molecular formula is C17H27F3IN5O. The first-order chi connectivity index (χ1) is 12.3. The Balaban J connectivity index is 0.00000364. The van der Waals surface area contributed by atoms with E-state index in [1.54, 1.807) is 19.2 Å². The van der Waals surface area contributed by atoms with E-state index in [1.165, 1.54) is 12.1 Å². The van der Waals surface area contributed by atoms with E-state index in [4.69, 9.17) is 0 Å². The summed E-state index contributed by atoms with van der Waals surface area (Å²) in [6.07, 6.45) is -4.71. The Morgan fingerprint density at radius 2 is 1.93 bits per heavy atom. The first-order valence-corrected chi connectivity index (χ1v) is 8.45. The van der Waals surface area contributed by atoms with Crippen molar-refractivity contribution in [2.45, 2.75) is 18.9 Å². The van der Waals surface area contributed by atoms with Crippen LogP contribution in [0.1, 0.15) is 5.56 Å². The average molecular weight is 501 g/mol. The monoisotopic (exact) mass is 501 g/mol. The Bertz CT molecular complexity index is 614. The molecule has 1 fully saturated rings. The highest BCUT2D eigenvalue weighted by Gasteiger charge is 2.32. The largest absolute Gasteiger partial charge is 0.573 e. The third kappa shape index (κ3) is 8.09. The number of rotatable bonds is 5. The van der Waals surface area contributed by atoms with Crippen LogP contribution >= 0.6 is 24.0 Å². The topological polar surface area (TPSA) is 52.1 Å². The van der Waals surface area contributed by atoms with E-state index in [2.05, 4.69) is 44.3 Å². The van der Waals surface area contributed by atoms with Gasteiger partial charge in [-0.25, -0.2) is 0 Å². The molecule has 0 amide bonds. The molecule has 1 aromatic carbocycles. The van der Waals surface area contributed by atoms with Crippen molar-refractivity contribution in [3.8, 4) is 5.75 Å². The Kier molecular flexibility index (Phi) is 9.60. The molecule has 0 bridgehead atoms. The number of hydrogen-bond acceptors (Lipinski definition) is 4. The van der Waals surface area contributed by atoms with Gasteiger partial charge in [0.05, 0.1) is 0 Å². The van der Waals surface area contributed by atoms with E-state index < -0.39 is 6.36 Å². The van der Waals surface area contributed by atoms with Gasteiger partial charge in [-0.1, -0.05) is 18.2 Å². The number of piperazine rings is 1. The number of nitrogens with zero attached hydrogens (tertiary/aromatic N) is 3. The number of alkyl halides is 3. The highest BCUT2D eigenvalue weighted by atomic mass is 127. The van der Waals surface area contributed by atoms with E-state index >= 15 is 0 Å². The zero-order valence-corrected chi connectivity index (χ0v) is 18.0. The molecule has 27 heavy (non-hydrogen) atoms. The number of likely N-dealkylation sites (N-methyl/N-ethyl adjacent to an activating group) is 2. The molecular weight excluding hydrogens is 474 g/mol. The summed E-state index contributed by atoms with van der Waals surface area (Å²) in [5.74, 6) is 0.324. The Hall–Kier alpha value is -1.27. The van der Waals surface area contributed by atoms with E-state index in [9.17, 15) is 13.2 Å². The summed E-state index contributed by atoms with van der Waals surface area (Å²) in [6.45, 7) is 3.85. The molecule has 1 unspecified atom stereocenters. The van der Waals surface area contributed by atoms with Crippen LogP contribution in [0.15, 0.2) is 29.3 Å². The van der Waals surface area contributed by atoms with Crippen LogP contribution in [-0.4, -0.2) is 75.5 Å². The third-order valence-corrected chi connectivity index (χ3v) is 4.35. The second kappa shape index (κ2) is 10.9. The number of ether oxygens (including phenoxy) is 1. The van der Waals surface area contributed by atoms with Gasteiger partial charge in [-0.3, -0.25) is 9.89 Å². The summed E-state index contributed by atoms with van der Waals surface area (Å²) in [7, 11) is 5.80.